The van der Waals surface area contributed by atoms with Crippen LogP contribution in [0.3, 0.4) is 0 Å². The maximum atomic E-state index is 12.8. The summed E-state index contributed by atoms with van der Waals surface area (Å²) in [6, 6.07) is 8.35. The smallest absolute Gasteiger partial charge is 0.260 e. The van der Waals surface area contributed by atoms with E-state index < -0.39 is 0 Å². The number of thiophene rings is 1. The number of aromatic nitrogens is 2. The first-order chi connectivity index (χ1) is 12.1. The molecule has 4 nitrogen and oxygen atoms in total. The highest BCUT2D eigenvalue weighted by Crippen LogP contribution is 2.35. The quantitative estimate of drug-likeness (QED) is 0.765. The number of aryl methyl sites for hydroxylation is 2. The average molecular weight is 353 g/mol. The Bertz CT molecular complexity index is 949. The van der Waals surface area contributed by atoms with Crippen LogP contribution in [0.25, 0.3) is 21.3 Å². The zero-order valence-electron chi connectivity index (χ0n) is 14.8. The van der Waals surface area contributed by atoms with Crippen molar-refractivity contribution in [2.24, 2.45) is 0 Å². The van der Waals surface area contributed by atoms with E-state index in [1.165, 1.54) is 24.8 Å². The fourth-order valence-electron chi connectivity index (χ4n) is 3.64. The summed E-state index contributed by atoms with van der Waals surface area (Å²) in [6.07, 6.45) is 3.79. The van der Waals surface area contributed by atoms with Crippen molar-refractivity contribution in [1.82, 2.24) is 14.9 Å². The Labute approximate surface area is 151 Å². The van der Waals surface area contributed by atoms with Gasteiger partial charge in [0, 0.05) is 10.4 Å². The topological polar surface area (TPSA) is 49.0 Å². The first kappa shape index (κ1) is 16.5. The van der Waals surface area contributed by atoms with Crippen LogP contribution in [-0.4, -0.2) is 28.0 Å². The molecule has 25 heavy (non-hydrogen) atoms. The van der Waals surface area contributed by atoms with Crippen LogP contribution in [0.4, 0.5) is 0 Å². The van der Waals surface area contributed by atoms with E-state index in [2.05, 4.69) is 48.0 Å². The molecule has 1 fully saturated rings. The van der Waals surface area contributed by atoms with Crippen molar-refractivity contribution in [1.29, 1.82) is 0 Å². The van der Waals surface area contributed by atoms with Gasteiger partial charge >= 0.3 is 0 Å². The Balaban J connectivity index is 1.75. The Morgan fingerprint density at radius 1 is 1.12 bits per heavy atom. The van der Waals surface area contributed by atoms with E-state index in [1.807, 2.05) is 0 Å². The van der Waals surface area contributed by atoms with Crippen LogP contribution in [0.2, 0.25) is 0 Å². The lowest BCUT2D eigenvalue weighted by Crippen LogP contribution is -2.30. The molecule has 0 aliphatic carbocycles. The molecule has 5 heteroatoms. The number of benzene rings is 1. The number of hydrogen-bond acceptors (Lipinski definition) is 4. The summed E-state index contributed by atoms with van der Waals surface area (Å²) in [5, 5.41) is 0.730. The molecule has 0 amide bonds. The SMILES string of the molecule is Cc1ccc(-c2c(C)sc3nc(CN4CCCCC4)[nH]c(=O)c23)cc1. The third-order valence-corrected chi connectivity index (χ3v) is 5.95. The molecule has 3 aromatic rings. The maximum absolute atomic E-state index is 12.8. The van der Waals surface area contributed by atoms with Crippen molar-refractivity contribution >= 4 is 21.6 Å². The molecule has 1 aromatic carbocycles. The minimum atomic E-state index is -0.0167. The molecular weight excluding hydrogens is 330 g/mol. The van der Waals surface area contributed by atoms with Crippen LogP contribution in [-0.2, 0) is 6.54 Å². The first-order valence-electron chi connectivity index (χ1n) is 8.93. The highest BCUT2D eigenvalue weighted by atomic mass is 32.1. The summed E-state index contributed by atoms with van der Waals surface area (Å²) >= 11 is 1.62. The molecule has 3 heterocycles. The molecule has 1 aliphatic heterocycles. The van der Waals surface area contributed by atoms with Gasteiger partial charge in [0.25, 0.3) is 5.56 Å². The number of piperidine rings is 1. The highest BCUT2D eigenvalue weighted by molar-refractivity contribution is 7.19. The molecular formula is C20H23N3OS. The monoisotopic (exact) mass is 353 g/mol. The van der Waals surface area contributed by atoms with E-state index in [9.17, 15) is 4.79 Å². The van der Waals surface area contributed by atoms with E-state index in [0.29, 0.717) is 0 Å². The molecule has 130 valence electrons. The molecule has 1 aliphatic rings. The van der Waals surface area contributed by atoms with Crippen LogP contribution in [0.1, 0.15) is 35.5 Å². The minimum Gasteiger partial charge on any atom is -0.309 e. The summed E-state index contributed by atoms with van der Waals surface area (Å²) in [4.78, 5) is 25.0. The molecule has 2 aromatic heterocycles. The Kier molecular flexibility index (Phi) is 4.44. The summed E-state index contributed by atoms with van der Waals surface area (Å²) in [5.41, 5.74) is 3.32. The zero-order chi connectivity index (χ0) is 17.4. The predicted octanol–water partition coefficient (Wildman–Crippen LogP) is 4.25. The first-order valence-corrected chi connectivity index (χ1v) is 9.75. The van der Waals surface area contributed by atoms with Gasteiger partial charge in [-0.05, 0) is 45.3 Å². The second kappa shape index (κ2) is 6.73. The van der Waals surface area contributed by atoms with Crippen molar-refractivity contribution in [2.45, 2.75) is 39.7 Å². The number of hydrogen-bond donors (Lipinski definition) is 1. The fraction of sp³-hybridized carbons (Fsp3) is 0.400. The van der Waals surface area contributed by atoms with Crippen molar-refractivity contribution in [3.05, 3.63) is 50.9 Å². The van der Waals surface area contributed by atoms with Gasteiger partial charge in [0.2, 0.25) is 0 Å². The number of rotatable bonds is 3. The third kappa shape index (κ3) is 3.26. The number of nitrogens with zero attached hydrogens (tertiary/aromatic N) is 2. The number of nitrogens with one attached hydrogen (secondary N) is 1. The molecule has 0 bridgehead atoms. The maximum Gasteiger partial charge on any atom is 0.260 e. The van der Waals surface area contributed by atoms with E-state index in [0.717, 1.165) is 51.7 Å². The standard InChI is InChI=1S/C20H23N3OS/c1-13-6-8-15(9-7-13)17-14(2)25-20-18(17)19(24)21-16(22-20)12-23-10-4-3-5-11-23/h6-9H,3-5,10-12H2,1-2H3,(H,21,22,24). The highest BCUT2D eigenvalue weighted by Gasteiger charge is 2.18. The van der Waals surface area contributed by atoms with Gasteiger partial charge < -0.3 is 4.98 Å². The van der Waals surface area contributed by atoms with Crippen molar-refractivity contribution < 1.29 is 0 Å². The van der Waals surface area contributed by atoms with Crippen LogP contribution >= 0.6 is 11.3 Å². The van der Waals surface area contributed by atoms with Crippen molar-refractivity contribution in [3.63, 3.8) is 0 Å². The van der Waals surface area contributed by atoms with Gasteiger partial charge in [0.1, 0.15) is 10.7 Å². The molecule has 4 rings (SSSR count). The van der Waals surface area contributed by atoms with Crippen molar-refractivity contribution in [2.75, 3.05) is 13.1 Å². The predicted molar refractivity (Wildman–Crippen MR) is 104 cm³/mol. The second-order valence-electron chi connectivity index (χ2n) is 6.93. The van der Waals surface area contributed by atoms with Gasteiger partial charge in [-0.1, -0.05) is 36.2 Å². The Morgan fingerprint density at radius 3 is 2.56 bits per heavy atom. The second-order valence-corrected chi connectivity index (χ2v) is 8.13. The number of fused-ring (bicyclic) bond motifs is 1. The summed E-state index contributed by atoms with van der Waals surface area (Å²) < 4.78 is 0. The molecule has 1 saturated heterocycles. The van der Waals surface area contributed by atoms with Gasteiger partial charge in [0.15, 0.2) is 0 Å². The number of H-pyrrole nitrogens is 1. The molecule has 0 saturated carbocycles. The van der Waals surface area contributed by atoms with E-state index >= 15 is 0 Å². The summed E-state index contributed by atoms with van der Waals surface area (Å²) in [5.74, 6) is 0.788. The van der Waals surface area contributed by atoms with E-state index in [-0.39, 0.29) is 5.56 Å². The normalized spacial score (nSPS) is 15.8. The van der Waals surface area contributed by atoms with Gasteiger partial charge in [-0.25, -0.2) is 4.98 Å². The van der Waals surface area contributed by atoms with Crippen LogP contribution in [0.5, 0.6) is 0 Å². The molecule has 0 atom stereocenters. The van der Waals surface area contributed by atoms with Gasteiger partial charge in [0.05, 0.1) is 11.9 Å². The fourth-order valence-corrected chi connectivity index (χ4v) is 4.70. The summed E-state index contributed by atoms with van der Waals surface area (Å²) in [6.45, 7) is 7.08. The molecule has 1 N–H and O–H groups in total. The van der Waals surface area contributed by atoms with Crippen LogP contribution < -0.4 is 5.56 Å². The lowest BCUT2D eigenvalue weighted by Gasteiger charge is -2.25. The third-order valence-electron chi connectivity index (χ3n) is 4.95. The zero-order valence-corrected chi connectivity index (χ0v) is 15.6. The van der Waals surface area contributed by atoms with Crippen molar-refractivity contribution in [3.8, 4) is 11.1 Å². The minimum absolute atomic E-state index is 0.0167. The van der Waals surface area contributed by atoms with Crippen LogP contribution in [0.15, 0.2) is 29.1 Å². The lowest BCUT2D eigenvalue weighted by molar-refractivity contribution is 0.216. The Morgan fingerprint density at radius 2 is 1.84 bits per heavy atom. The van der Waals surface area contributed by atoms with E-state index in [1.54, 1.807) is 11.3 Å². The lowest BCUT2D eigenvalue weighted by atomic mass is 10.0. The number of aromatic amines is 1. The summed E-state index contributed by atoms with van der Waals surface area (Å²) in [7, 11) is 0. The van der Waals surface area contributed by atoms with Gasteiger partial charge in [-0.15, -0.1) is 11.3 Å². The molecule has 0 spiro atoms. The Hall–Kier alpha value is -1.98. The van der Waals surface area contributed by atoms with Crippen LogP contribution in [0, 0.1) is 13.8 Å². The van der Waals surface area contributed by atoms with Gasteiger partial charge in [-0.2, -0.15) is 0 Å². The molecule has 0 radical (unpaired) electrons. The van der Waals surface area contributed by atoms with E-state index in [4.69, 9.17) is 4.98 Å². The molecule has 0 unspecified atom stereocenters. The number of likely N-dealkylation sites (tertiary alicyclic amines) is 1. The average Bonchev–Trinajstić information content (AvgIpc) is 2.93. The largest absolute Gasteiger partial charge is 0.309 e. The van der Waals surface area contributed by atoms with Gasteiger partial charge in [-0.3, -0.25) is 9.69 Å².